The molecule has 0 spiro atoms. The molecule has 0 aliphatic heterocycles. The number of para-hydroxylation sites is 1. The van der Waals surface area contributed by atoms with Crippen LogP contribution in [0.1, 0.15) is 18.5 Å². The Morgan fingerprint density at radius 2 is 1.81 bits per heavy atom. The molecule has 1 atom stereocenters. The number of rotatable bonds is 6. The Balaban J connectivity index is 3.28. The third-order valence-corrected chi connectivity index (χ3v) is 3.81. The lowest BCUT2D eigenvalue weighted by atomic mass is 10.1. The van der Waals surface area contributed by atoms with Crippen LogP contribution < -0.4 is 9.46 Å². The molecule has 1 N–H and O–H groups in total. The summed E-state index contributed by atoms with van der Waals surface area (Å²) in [5.74, 6) is -1.33. The number of sulfonamides is 1. The van der Waals surface area contributed by atoms with Gasteiger partial charge in [-0.25, -0.2) is 8.42 Å². The van der Waals surface area contributed by atoms with E-state index in [1.165, 1.54) is 10.8 Å². The molecule has 0 aliphatic rings. The summed E-state index contributed by atoms with van der Waals surface area (Å²) in [6.07, 6.45) is -5.01. The highest BCUT2D eigenvalue weighted by Gasteiger charge is 2.44. The van der Waals surface area contributed by atoms with E-state index in [1.54, 1.807) is 0 Å². The summed E-state index contributed by atoms with van der Waals surface area (Å²) < 4.78 is 91.7. The highest BCUT2D eigenvalue weighted by atomic mass is 32.2. The Kier molecular flexibility index (Phi) is 5.51. The Bertz CT molecular complexity index is 573. The van der Waals surface area contributed by atoms with Gasteiger partial charge in [0.2, 0.25) is 10.0 Å². The number of ether oxygens (including phenoxy) is 1. The van der Waals surface area contributed by atoms with Crippen molar-refractivity contribution in [2.24, 2.45) is 0 Å². The van der Waals surface area contributed by atoms with Gasteiger partial charge in [-0.3, -0.25) is 0 Å². The molecule has 1 rings (SSSR count). The van der Waals surface area contributed by atoms with Crippen LogP contribution in [-0.4, -0.2) is 27.0 Å². The minimum absolute atomic E-state index is 0.586. The largest absolute Gasteiger partial charge is 0.434 e. The molecule has 0 bridgehead atoms. The average molecular weight is 333 g/mol. The van der Waals surface area contributed by atoms with Crippen molar-refractivity contribution in [1.82, 2.24) is 4.72 Å². The second kappa shape index (κ2) is 6.56. The zero-order chi connectivity index (χ0) is 16.3. The van der Waals surface area contributed by atoms with Gasteiger partial charge in [0, 0.05) is 5.56 Å². The first-order valence-corrected chi connectivity index (χ1v) is 7.32. The highest BCUT2D eigenvalue weighted by Crippen LogP contribution is 2.38. The van der Waals surface area contributed by atoms with E-state index < -0.39 is 45.9 Å². The van der Waals surface area contributed by atoms with E-state index in [4.69, 9.17) is 0 Å². The fourth-order valence-corrected chi connectivity index (χ4v) is 2.28. The maximum absolute atomic E-state index is 13.0. The molecule has 0 aliphatic carbocycles. The lowest BCUT2D eigenvalue weighted by molar-refractivity contribution is -0.154. The first-order valence-electron chi connectivity index (χ1n) is 5.67. The lowest BCUT2D eigenvalue weighted by Crippen LogP contribution is -2.39. The summed E-state index contributed by atoms with van der Waals surface area (Å²) in [7, 11) is -4.21. The topological polar surface area (TPSA) is 55.4 Å². The van der Waals surface area contributed by atoms with Crippen LogP contribution in [0.15, 0.2) is 24.3 Å². The van der Waals surface area contributed by atoms with E-state index in [2.05, 4.69) is 4.74 Å². The highest BCUT2D eigenvalue weighted by molar-refractivity contribution is 7.89. The first kappa shape index (κ1) is 17.6. The SMILES string of the molecule is CCS(=O)(=O)NC(c1ccccc1OC(F)F)C(F)(F)F. The standard InChI is InChI=1S/C11H12F5NO3S/c1-2-21(18,19)17-9(11(14,15)16)7-5-3-4-6-8(7)20-10(12)13/h3-6,9-10,17H,2H2,1H3. The first-order chi connectivity index (χ1) is 9.57. The number of halogens is 5. The molecule has 0 aromatic heterocycles. The van der Waals surface area contributed by atoms with Crippen LogP contribution in [0.5, 0.6) is 5.75 Å². The molecule has 10 heteroatoms. The van der Waals surface area contributed by atoms with E-state index in [-0.39, 0.29) is 0 Å². The molecule has 1 aromatic carbocycles. The molecule has 21 heavy (non-hydrogen) atoms. The molecule has 120 valence electrons. The average Bonchev–Trinajstić information content (AvgIpc) is 2.35. The van der Waals surface area contributed by atoms with Crippen molar-refractivity contribution >= 4 is 10.0 Å². The van der Waals surface area contributed by atoms with E-state index in [0.717, 1.165) is 25.1 Å². The maximum atomic E-state index is 13.0. The summed E-state index contributed by atoms with van der Waals surface area (Å²) in [4.78, 5) is 0. The minimum Gasteiger partial charge on any atom is -0.434 e. The summed E-state index contributed by atoms with van der Waals surface area (Å²) in [6, 6.07) is 1.46. The third-order valence-electron chi connectivity index (χ3n) is 2.45. The van der Waals surface area contributed by atoms with E-state index in [9.17, 15) is 30.4 Å². The van der Waals surface area contributed by atoms with Crippen LogP contribution in [-0.2, 0) is 10.0 Å². The summed E-state index contributed by atoms with van der Waals surface area (Å²) >= 11 is 0. The van der Waals surface area contributed by atoms with Crippen molar-refractivity contribution in [2.45, 2.75) is 25.8 Å². The van der Waals surface area contributed by atoms with Crippen LogP contribution in [0.3, 0.4) is 0 Å². The monoisotopic (exact) mass is 333 g/mol. The lowest BCUT2D eigenvalue weighted by Gasteiger charge is -2.23. The number of hydrogen-bond donors (Lipinski definition) is 1. The van der Waals surface area contributed by atoms with Gasteiger partial charge in [-0.2, -0.15) is 26.7 Å². The van der Waals surface area contributed by atoms with E-state index in [0.29, 0.717) is 0 Å². The second-order valence-electron chi connectivity index (χ2n) is 3.91. The Morgan fingerprint density at radius 1 is 1.24 bits per heavy atom. The summed E-state index contributed by atoms with van der Waals surface area (Å²) in [5.41, 5.74) is -0.734. The van der Waals surface area contributed by atoms with Crippen molar-refractivity contribution in [1.29, 1.82) is 0 Å². The van der Waals surface area contributed by atoms with Gasteiger partial charge in [0.25, 0.3) is 0 Å². The molecule has 0 amide bonds. The summed E-state index contributed by atoms with van der Waals surface area (Å²) in [5, 5.41) is 0. The van der Waals surface area contributed by atoms with E-state index >= 15 is 0 Å². The molecule has 0 fully saturated rings. The van der Waals surface area contributed by atoms with Crippen LogP contribution in [0, 0.1) is 0 Å². The molecule has 4 nitrogen and oxygen atoms in total. The van der Waals surface area contributed by atoms with Gasteiger partial charge >= 0.3 is 12.8 Å². The van der Waals surface area contributed by atoms with Crippen molar-refractivity contribution < 1.29 is 35.1 Å². The van der Waals surface area contributed by atoms with Gasteiger partial charge in [0.1, 0.15) is 11.8 Å². The molecule has 0 heterocycles. The summed E-state index contributed by atoms with van der Waals surface area (Å²) in [6.45, 7) is -2.18. The van der Waals surface area contributed by atoms with Crippen LogP contribution in [0.25, 0.3) is 0 Å². The molecule has 0 saturated heterocycles. The molecular weight excluding hydrogens is 321 g/mol. The zero-order valence-electron chi connectivity index (χ0n) is 10.7. The van der Waals surface area contributed by atoms with Crippen molar-refractivity contribution in [3.8, 4) is 5.75 Å². The van der Waals surface area contributed by atoms with Gasteiger partial charge in [-0.05, 0) is 13.0 Å². The number of hydrogen-bond acceptors (Lipinski definition) is 3. The van der Waals surface area contributed by atoms with Gasteiger partial charge in [0.15, 0.2) is 0 Å². The van der Waals surface area contributed by atoms with Crippen LogP contribution in [0.2, 0.25) is 0 Å². The number of alkyl halides is 5. The molecule has 0 radical (unpaired) electrons. The smallest absolute Gasteiger partial charge is 0.409 e. The number of nitrogens with one attached hydrogen (secondary N) is 1. The molecule has 1 aromatic rings. The molecular formula is C11H12F5NO3S. The molecule has 1 unspecified atom stereocenters. The van der Waals surface area contributed by atoms with Crippen molar-refractivity contribution in [2.75, 3.05) is 5.75 Å². The van der Waals surface area contributed by atoms with Gasteiger partial charge in [0.05, 0.1) is 5.75 Å². The van der Waals surface area contributed by atoms with Crippen LogP contribution >= 0.6 is 0 Å². The number of benzene rings is 1. The van der Waals surface area contributed by atoms with Crippen molar-refractivity contribution in [3.63, 3.8) is 0 Å². The van der Waals surface area contributed by atoms with Crippen LogP contribution in [0.4, 0.5) is 22.0 Å². The minimum atomic E-state index is -5.01. The Morgan fingerprint density at radius 3 is 2.29 bits per heavy atom. The fourth-order valence-electron chi connectivity index (χ4n) is 1.49. The van der Waals surface area contributed by atoms with Gasteiger partial charge in [-0.15, -0.1) is 0 Å². The maximum Gasteiger partial charge on any atom is 0.409 e. The predicted molar refractivity (Wildman–Crippen MR) is 64.5 cm³/mol. The molecule has 0 saturated carbocycles. The van der Waals surface area contributed by atoms with Gasteiger partial charge < -0.3 is 4.74 Å². The van der Waals surface area contributed by atoms with Gasteiger partial charge in [-0.1, -0.05) is 18.2 Å². The van der Waals surface area contributed by atoms with E-state index in [1.807, 2.05) is 0 Å². The third kappa shape index (κ3) is 5.12. The Hall–Kier alpha value is -1.42. The quantitative estimate of drug-likeness (QED) is 0.815. The van der Waals surface area contributed by atoms with Crippen molar-refractivity contribution in [3.05, 3.63) is 29.8 Å². The Labute approximate surface area is 118 Å². The normalized spacial score (nSPS) is 14.2. The fraction of sp³-hybridized carbons (Fsp3) is 0.455. The second-order valence-corrected chi connectivity index (χ2v) is 5.95. The predicted octanol–water partition coefficient (Wildman–Crippen LogP) is 2.83. The zero-order valence-corrected chi connectivity index (χ0v) is 11.5.